The Bertz CT molecular complexity index is 864. The molecule has 0 saturated heterocycles. The van der Waals surface area contributed by atoms with Crippen molar-refractivity contribution < 1.29 is 9.59 Å². The van der Waals surface area contributed by atoms with Crippen molar-refractivity contribution in [2.24, 2.45) is 0 Å². The summed E-state index contributed by atoms with van der Waals surface area (Å²) in [5, 5.41) is 8.08. The first-order chi connectivity index (χ1) is 11.3. The van der Waals surface area contributed by atoms with Crippen molar-refractivity contribution in [1.82, 2.24) is 15.1 Å². The summed E-state index contributed by atoms with van der Waals surface area (Å²) in [5.41, 5.74) is 1.93. The van der Waals surface area contributed by atoms with E-state index in [-0.39, 0.29) is 10.0 Å². The highest BCUT2D eigenvalue weighted by molar-refractivity contribution is 6.41. The first-order valence-corrected chi connectivity index (χ1v) is 7.62. The molecule has 0 aliphatic heterocycles. The lowest BCUT2D eigenvalue weighted by atomic mass is 10.1. The maximum absolute atomic E-state index is 11.8. The van der Waals surface area contributed by atoms with Crippen molar-refractivity contribution in [3.63, 3.8) is 0 Å². The van der Waals surface area contributed by atoms with E-state index in [0.717, 1.165) is 22.0 Å². The lowest BCUT2D eigenvalue weighted by molar-refractivity contribution is -0.120. The minimum atomic E-state index is -0.718. The Morgan fingerprint density at radius 3 is 2.58 bits per heavy atom. The molecule has 1 aromatic heterocycles. The molecule has 1 aromatic carbocycles. The number of anilines is 1. The van der Waals surface area contributed by atoms with E-state index in [1.807, 2.05) is 19.9 Å². The number of carbonyl (C=O) groups is 2. The van der Waals surface area contributed by atoms with Crippen LogP contribution in [-0.2, 0) is 11.3 Å². The molecule has 7 nitrogen and oxygen atoms in total. The Balaban J connectivity index is 1.99. The zero-order chi connectivity index (χ0) is 17.9. The highest BCUT2D eigenvalue weighted by atomic mass is 35.5. The average Bonchev–Trinajstić information content (AvgIpc) is 2.51. The number of urea groups is 1. The van der Waals surface area contributed by atoms with Gasteiger partial charge in [-0.15, -0.1) is 0 Å². The molecule has 2 N–H and O–H groups in total. The van der Waals surface area contributed by atoms with Crippen molar-refractivity contribution in [2.75, 3.05) is 5.32 Å². The van der Waals surface area contributed by atoms with Crippen LogP contribution in [-0.4, -0.2) is 21.7 Å². The fourth-order valence-corrected chi connectivity index (χ4v) is 2.11. The van der Waals surface area contributed by atoms with Crippen LogP contribution < -0.4 is 16.2 Å². The van der Waals surface area contributed by atoms with Gasteiger partial charge < -0.3 is 5.32 Å². The molecule has 0 fully saturated rings. The molecule has 24 heavy (non-hydrogen) atoms. The number of aryl methyl sites for hydroxylation is 2. The van der Waals surface area contributed by atoms with Gasteiger partial charge in [-0.1, -0.05) is 29.3 Å². The highest BCUT2D eigenvalue weighted by Crippen LogP contribution is 2.15. The minimum absolute atomic E-state index is 0.00851. The first-order valence-electron chi connectivity index (χ1n) is 6.87. The van der Waals surface area contributed by atoms with E-state index in [1.54, 1.807) is 12.1 Å². The van der Waals surface area contributed by atoms with Crippen LogP contribution >= 0.6 is 23.2 Å². The number of imide groups is 1. The lowest BCUT2D eigenvalue weighted by Crippen LogP contribution is -2.39. The number of hydrogen-bond donors (Lipinski definition) is 2. The van der Waals surface area contributed by atoms with Gasteiger partial charge in [0.15, 0.2) is 0 Å². The Kier molecular flexibility index (Phi) is 5.58. The zero-order valence-corrected chi connectivity index (χ0v) is 14.4. The van der Waals surface area contributed by atoms with Crippen molar-refractivity contribution in [2.45, 2.75) is 20.4 Å². The number of nitrogens with one attached hydrogen (secondary N) is 2. The number of benzene rings is 1. The molecule has 0 radical (unpaired) electrons. The number of hydrogen-bond acceptors (Lipinski definition) is 4. The quantitative estimate of drug-likeness (QED) is 0.870. The third-order valence-corrected chi connectivity index (χ3v) is 4.00. The van der Waals surface area contributed by atoms with Crippen molar-refractivity contribution in [1.29, 1.82) is 0 Å². The summed E-state index contributed by atoms with van der Waals surface area (Å²) < 4.78 is 0.812. The molecule has 0 unspecified atom stereocenters. The summed E-state index contributed by atoms with van der Waals surface area (Å²) in [6.07, 6.45) is 1.15. The second-order valence-corrected chi connectivity index (χ2v) is 5.86. The Labute approximate surface area is 147 Å². The number of amides is 3. The molecule has 9 heteroatoms. The molecule has 1 heterocycles. The van der Waals surface area contributed by atoms with E-state index in [2.05, 4.69) is 15.7 Å². The molecule has 126 valence electrons. The van der Waals surface area contributed by atoms with Gasteiger partial charge in [-0.2, -0.15) is 5.10 Å². The van der Waals surface area contributed by atoms with Gasteiger partial charge in [0.25, 0.3) is 5.56 Å². The van der Waals surface area contributed by atoms with E-state index in [0.29, 0.717) is 5.69 Å². The third-order valence-electron chi connectivity index (χ3n) is 3.25. The molecular formula is C15H14Cl2N4O3. The molecule has 3 amide bonds. The van der Waals surface area contributed by atoms with Crippen LogP contribution in [0.25, 0.3) is 0 Å². The number of halogens is 2. The summed E-state index contributed by atoms with van der Waals surface area (Å²) in [6.45, 7) is 3.40. The summed E-state index contributed by atoms with van der Waals surface area (Å²) in [5.74, 6) is -0.718. The smallest absolute Gasteiger partial charge is 0.308 e. The molecule has 0 atom stereocenters. The third kappa shape index (κ3) is 4.33. The van der Waals surface area contributed by atoms with Crippen LogP contribution in [0.4, 0.5) is 10.5 Å². The second kappa shape index (κ2) is 7.46. The Morgan fingerprint density at radius 1 is 1.21 bits per heavy atom. The number of aromatic nitrogens is 2. The maximum atomic E-state index is 11.8. The van der Waals surface area contributed by atoms with Crippen LogP contribution in [0.3, 0.4) is 0 Å². The number of carbonyl (C=O) groups excluding carboxylic acids is 2. The normalized spacial score (nSPS) is 10.3. The summed E-state index contributed by atoms with van der Waals surface area (Å²) in [6, 6.07) is 4.64. The van der Waals surface area contributed by atoms with E-state index in [4.69, 9.17) is 23.2 Å². The van der Waals surface area contributed by atoms with Crippen LogP contribution in [0.2, 0.25) is 10.0 Å². The molecule has 2 aromatic rings. The largest absolute Gasteiger partial charge is 0.325 e. The monoisotopic (exact) mass is 368 g/mol. The standard InChI is InChI=1S/C15H14Cl2N4O3/c1-8-3-4-10(5-9(8)2)19-15(24)20-12(22)7-21-14(23)13(17)11(16)6-18-21/h3-6H,7H2,1-2H3,(H2,19,20,22,24). The lowest BCUT2D eigenvalue weighted by Gasteiger charge is -2.09. The predicted octanol–water partition coefficient (Wildman–Crippen LogP) is 2.52. The van der Waals surface area contributed by atoms with Crippen molar-refractivity contribution >= 4 is 40.8 Å². The second-order valence-electron chi connectivity index (χ2n) is 5.07. The molecule has 0 bridgehead atoms. The zero-order valence-electron chi connectivity index (χ0n) is 12.9. The van der Waals surface area contributed by atoms with Crippen LogP contribution in [0, 0.1) is 13.8 Å². The van der Waals surface area contributed by atoms with Gasteiger partial charge in [0.1, 0.15) is 11.6 Å². The first kappa shape index (κ1) is 18.0. The molecule has 0 aliphatic rings. The van der Waals surface area contributed by atoms with Gasteiger partial charge in [0.2, 0.25) is 5.91 Å². The van der Waals surface area contributed by atoms with E-state index in [9.17, 15) is 14.4 Å². The Hall–Kier alpha value is -2.38. The van der Waals surface area contributed by atoms with Gasteiger partial charge >= 0.3 is 6.03 Å². The van der Waals surface area contributed by atoms with Crippen LogP contribution in [0.1, 0.15) is 11.1 Å². The molecule has 0 saturated carbocycles. The summed E-state index contributed by atoms with van der Waals surface area (Å²) in [7, 11) is 0. The van der Waals surface area contributed by atoms with Gasteiger partial charge in [-0.05, 0) is 37.1 Å². The van der Waals surface area contributed by atoms with E-state index in [1.165, 1.54) is 0 Å². The summed E-state index contributed by atoms with van der Waals surface area (Å²) in [4.78, 5) is 35.4. The fraction of sp³-hybridized carbons (Fsp3) is 0.200. The fourth-order valence-electron chi connectivity index (χ4n) is 1.84. The van der Waals surface area contributed by atoms with E-state index >= 15 is 0 Å². The molecule has 0 spiro atoms. The molecular weight excluding hydrogens is 355 g/mol. The van der Waals surface area contributed by atoms with Gasteiger partial charge in [-0.3, -0.25) is 14.9 Å². The molecule has 2 rings (SSSR count). The van der Waals surface area contributed by atoms with Gasteiger partial charge in [0, 0.05) is 5.69 Å². The number of nitrogens with zero attached hydrogens (tertiary/aromatic N) is 2. The maximum Gasteiger partial charge on any atom is 0.325 e. The predicted molar refractivity (Wildman–Crippen MR) is 91.6 cm³/mol. The van der Waals surface area contributed by atoms with Crippen LogP contribution in [0.5, 0.6) is 0 Å². The SMILES string of the molecule is Cc1ccc(NC(=O)NC(=O)Cn2ncc(Cl)c(Cl)c2=O)cc1C. The van der Waals surface area contributed by atoms with E-state index < -0.39 is 24.0 Å². The topological polar surface area (TPSA) is 93.1 Å². The van der Waals surface area contributed by atoms with Gasteiger partial charge in [-0.25, -0.2) is 9.48 Å². The number of rotatable bonds is 3. The Morgan fingerprint density at radius 2 is 1.92 bits per heavy atom. The van der Waals surface area contributed by atoms with Crippen LogP contribution in [0.15, 0.2) is 29.2 Å². The summed E-state index contributed by atoms with van der Waals surface area (Å²) >= 11 is 11.3. The van der Waals surface area contributed by atoms with Crippen molar-refractivity contribution in [3.05, 3.63) is 55.9 Å². The average molecular weight is 369 g/mol. The highest BCUT2D eigenvalue weighted by Gasteiger charge is 2.13. The molecule has 0 aliphatic carbocycles. The van der Waals surface area contributed by atoms with Gasteiger partial charge in [0.05, 0.1) is 11.2 Å². The minimum Gasteiger partial charge on any atom is -0.308 e. The van der Waals surface area contributed by atoms with Crippen molar-refractivity contribution in [3.8, 4) is 0 Å².